The molecule has 0 heterocycles. The Hall–Kier alpha value is -1.14. The second-order valence-electron chi connectivity index (χ2n) is 4.33. The number of ether oxygens (including phenoxy) is 1. The summed E-state index contributed by atoms with van der Waals surface area (Å²) in [5.74, 6) is -0.322. The van der Waals surface area contributed by atoms with E-state index < -0.39 is 12.1 Å². The van der Waals surface area contributed by atoms with Gasteiger partial charge in [-0.05, 0) is 25.3 Å². The normalized spacial score (nSPS) is 16.5. The first-order valence-electron chi connectivity index (χ1n) is 5.83. The average Bonchev–Trinajstić information content (AvgIpc) is 3.07. The van der Waals surface area contributed by atoms with E-state index in [0.717, 1.165) is 12.5 Å². The third-order valence-electron chi connectivity index (χ3n) is 2.68. The molecule has 0 saturated heterocycles. The number of hydrogen-bond acceptors (Lipinski definition) is 4. The number of carbonyl (C=O) groups is 2. The maximum Gasteiger partial charge on any atom is 0.306 e. The molecule has 0 radical (unpaired) electrons. The Morgan fingerprint density at radius 3 is 2.71 bits per heavy atom. The summed E-state index contributed by atoms with van der Waals surface area (Å²) < 4.78 is 4.95. The summed E-state index contributed by atoms with van der Waals surface area (Å²) in [6.07, 6.45) is 1.92. The fraction of sp³-hybridized carbons (Fsp3) is 0.818. The van der Waals surface area contributed by atoms with E-state index in [1.54, 1.807) is 0 Å². The molecule has 17 heavy (non-hydrogen) atoms. The highest BCUT2D eigenvalue weighted by molar-refractivity contribution is 5.78. The molecule has 1 amide bonds. The molecular weight excluding hydrogens is 224 g/mol. The Kier molecular flexibility index (Phi) is 5.93. The van der Waals surface area contributed by atoms with Gasteiger partial charge in [0.1, 0.15) is 0 Å². The van der Waals surface area contributed by atoms with Crippen LogP contribution in [0.5, 0.6) is 0 Å². The number of methoxy groups -OCH3 is 1. The van der Waals surface area contributed by atoms with Crippen LogP contribution in [-0.4, -0.2) is 49.8 Å². The zero-order chi connectivity index (χ0) is 12.7. The van der Waals surface area contributed by atoms with E-state index in [4.69, 9.17) is 9.84 Å². The van der Waals surface area contributed by atoms with E-state index in [1.165, 1.54) is 20.0 Å². The number of nitrogens with one attached hydrogen (secondary N) is 2. The van der Waals surface area contributed by atoms with Crippen molar-refractivity contribution in [2.45, 2.75) is 25.4 Å². The summed E-state index contributed by atoms with van der Waals surface area (Å²) in [4.78, 5) is 21.8. The standard InChI is InChI=1S/C11H20N2O4/c1-17-9(4-11(15)16)6-13-10(14)7-12-5-8-2-3-8/h8-9,12H,2-7H2,1H3,(H,13,14)(H,15,16). The molecule has 1 aliphatic carbocycles. The molecule has 0 aromatic carbocycles. The van der Waals surface area contributed by atoms with E-state index in [9.17, 15) is 9.59 Å². The molecule has 0 aliphatic heterocycles. The largest absolute Gasteiger partial charge is 0.481 e. The fourth-order valence-electron chi connectivity index (χ4n) is 1.44. The Bertz CT molecular complexity index is 266. The van der Waals surface area contributed by atoms with Crippen LogP contribution < -0.4 is 10.6 Å². The third-order valence-corrected chi connectivity index (χ3v) is 2.68. The van der Waals surface area contributed by atoms with Crippen molar-refractivity contribution in [1.29, 1.82) is 0 Å². The highest BCUT2D eigenvalue weighted by Crippen LogP contribution is 2.27. The molecule has 1 rings (SSSR count). The van der Waals surface area contributed by atoms with Crippen LogP contribution in [0.25, 0.3) is 0 Å². The number of carboxylic acid groups (broad SMARTS) is 1. The Morgan fingerprint density at radius 2 is 2.18 bits per heavy atom. The molecule has 1 atom stereocenters. The lowest BCUT2D eigenvalue weighted by molar-refractivity contribution is -0.140. The van der Waals surface area contributed by atoms with Crippen molar-refractivity contribution in [3.8, 4) is 0 Å². The summed E-state index contributed by atoms with van der Waals surface area (Å²) in [6, 6.07) is 0. The number of amides is 1. The molecule has 98 valence electrons. The van der Waals surface area contributed by atoms with E-state index >= 15 is 0 Å². The van der Waals surface area contributed by atoms with Crippen LogP contribution in [0, 0.1) is 5.92 Å². The summed E-state index contributed by atoms with van der Waals surface area (Å²) in [5.41, 5.74) is 0. The lowest BCUT2D eigenvalue weighted by Gasteiger charge is -2.14. The lowest BCUT2D eigenvalue weighted by atomic mass is 10.2. The number of carbonyl (C=O) groups excluding carboxylic acids is 1. The molecular formula is C11H20N2O4. The minimum Gasteiger partial charge on any atom is -0.481 e. The maximum atomic E-state index is 11.4. The number of hydrogen-bond donors (Lipinski definition) is 3. The van der Waals surface area contributed by atoms with Gasteiger partial charge in [-0.25, -0.2) is 0 Å². The van der Waals surface area contributed by atoms with Gasteiger partial charge in [0.25, 0.3) is 0 Å². The van der Waals surface area contributed by atoms with Gasteiger partial charge in [0.05, 0.1) is 19.1 Å². The Labute approximate surface area is 101 Å². The molecule has 0 aromatic heterocycles. The minimum atomic E-state index is -0.932. The van der Waals surface area contributed by atoms with Crippen molar-refractivity contribution >= 4 is 11.9 Å². The predicted octanol–water partition coefficient (Wildman–Crippen LogP) is -0.408. The molecule has 6 nitrogen and oxygen atoms in total. The molecule has 0 aromatic rings. The van der Waals surface area contributed by atoms with Gasteiger partial charge in [0, 0.05) is 13.7 Å². The molecule has 1 saturated carbocycles. The van der Waals surface area contributed by atoms with Gasteiger partial charge in [-0.2, -0.15) is 0 Å². The second-order valence-corrected chi connectivity index (χ2v) is 4.33. The van der Waals surface area contributed by atoms with Gasteiger partial charge in [-0.1, -0.05) is 0 Å². The molecule has 1 aliphatic rings. The monoisotopic (exact) mass is 244 g/mol. The Balaban J connectivity index is 2.05. The van der Waals surface area contributed by atoms with Crippen molar-refractivity contribution in [2.24, 2.45) is 5.92 Å². The quantitative estimate of drug-likeness (QED) is 0.513. The first-order chi connectivity index (χ1) is 8.11. The van der Waals surface area contributed by atoms with Gasteiger partial charge in [0.15, 0.2) is 0 Å². The van der Waals surface area contributed by atoms with E-state index in [2.05, 4.69) is 10.6 Å². The molecule has 0 spiro atoms. The number of rotatable bonds is 9. The maximum absolute atomic E-state index is 11.4. The van der Waals surface area contributed by atoms with Gasteiger partial charge in [0.2, 0.25) is 5.91 Å². The zero-order valence-electron chi connectivity index (χ0n) is 10.1. The van der Waals surface area contributed by atoms with Crippen LogP contribution in [0.2, 0.25) is 0 Å². The highest BCUT2D eigenvalue weighted by atomic mass is 16.5. The average molecular weight is 244 g/mol. The summed E-state index contributed by atoms with van der Waals surface area (Å²) in [6.45, 7) is 1.39. The van der Waals surface area contributed by atoms with Crippen LogP contribution in [0.3, 0.4) is 0 Å². The van der Waals surface area contributed by atoms with Crippen molar-refractivity contribution in [3.05, 3.63) is 0 Å². The van der Waals surface area contributed by atoms with Gasteiger partial charge >= 0.3 is 5.97 Å². The van der Waals surface area contributed by atoms with Gasteiger partial charge < -0.3 is 20.5 Å². The molecule has 3 N–H and O–H groups in total. The number of carboxylic acids is 1. The topological polar surface area (TPSA) is 87.7 Å². The molecule has 6 heteroatoms. The van der Waals surface area contributed by atoms with Crippen LogP contribution in [0.15, 0.2) is 0 Å². The first kappa shape index (κ1) is 13.9. The second kappa shape index (κ2) is 7.24. The smallest absolute Gasteiger partial charge is 0.306 e. The van der Waals surface area contributed by atoms with Gasteiger partial charge in [-0.15, -0.1) is 0 Å². The SMILES string of the molecule is COC(CNC(=O)CNCC1CC1)CC(=O)O. The molecule has 1 fully saturated rings. The third kappa shape index (κ3) is 6.91. The first-order valence-corrected chi connectivity index (χ1v) is 5.83. The van der Waals surface area contributed by atoms with Crippen molar-refractivity contribution in [2.75, 3.05) is 26.7 Å². The zero-order valence-corrected chi connectivity index (χ0v) is 10.1. The molecule has 0 bridgehead atoms. The minimum absolute atomic E-state index is 0.105. The van der Waals surface area contributed by atoms with E-state index in [-0.39, 0.29) is 25.4 Å². The summed E-state index contributed by atoms with van der Waals surface area (Å²) in [5, 5.41) is 14.3. The van der Waals surface area contributed by atoms with Crippen LogP contribution in [0.4, 0.5) is 0 Å². The lowest BCUT2D eigenvalue weighted by Crippen LogP contribution is -2.39. The van der Waals surface area contributed by atoms with Crippen LogP contribution >= 0.6 is 0 Å². The van der Waals surface area contributed by atoms with Crippen molar-refractivity contribution < 1.29 is 19.4 Å². The summed E-state index contributed by atoms with van der Waals surface area (Å²) >= 11 is 0. The van der Waals surface area contributed by atoms with Gasteiger partial charge in [-0.3, -0.25) is 9.59 Å². The van der Waals surface area contributed by atoms with Crippen LogP contribution in [-0.2, 0) is 14.3 Å². The summed E-state index contributed by atoms with van der Waals surface area (Å²) in [7, 11) is 1.44. The predicted molar refractivity (Wildman–Crippen MR) is 61.7 cm³/mol. The fourth-order valence-corrected chi connectivity index (χ4v) is 1.44. The van der Waals surface area contributed by atoms with Crippen molar-refractivity contribution in [1.82, 2.24) is 10.6 Å². The van der Waals surface area contributed by atoms with E-state index in [1.807, 2.05) is 0 Å². The highest BCUT2D eigenvalue weighted by Gasteiger charge is 2.20. The van der Waals surface area contributed by atoms with Crippen LogP contribution in [0.1, 0.15) is 19.3 Å². The van der Waals surface area contributed by atoms with Crippen molar-refractivity contribution in [3.63, 3.8) is 0 Å². The molecule has 1 unspecified atom stereocenters. The van der Waals surface area contributed by atoms with E-state index in [0.29, 0.717) is 0 Å². The number of aliphatic carboxylic acids is 1. The Morgan fingerprint density at radius 1 is 1.47 bits per heavy atom.